The third-order valence-corrected chi connectivity index (χ3v) is 4.53. The highest BCUT2D eigenvalue weighted by molar-refractivity contribution is 9.10. The van der Waals surface area contributed by atoms with Crippen molar-refractivity contribution in [3.63, 3.8) is 0 Å². The number of nitrogens with one attached hydrogen (secondary N) is 2. The molecule has 4 heteroatoms. The van der Waals surface area contributed by atoms with E-state index in [9.17, 15) is 0 Å². The Morgan fingerprint density at radius 2 is 1.81 bits per heavy atom. The molecule has 2 aromatic carbocycles. The molecule has 0 heterocycles. The van der Waals surface area contributed by atoms with Gasteiger partial charge in [0.05, 0.1) is 6.04 Å². The molecule has 0 unspecified atom stereocenters. The molecule has 0 aliphatic rings. The van der Waals surface area contributed by atoms with E-state index in [0.29, 0.717) is 5.11 Å². The SMILES string of the molecule is Cc1cc(NC(=S)N[C@H](C)c2ccccc2C)ccc1Br. The highest BCUT2D eigenvalue weighted by Gasteiger charge is 2.09. The summed E-state index contributed by atoms with van der Waals surface area (Å²) in [6, 6.07) is 14.6. The minimum atomic E-state index is 0.169. The molecule has 21 heavy (non-hydrogen) atoms. The first-order valence-electron chi connectivity index (χ1n) is 6.86. The number of anilines is 1. The van der Waals surface area contributed by atoms with Crippen LogP contribution in [-0.2, 0) is 0 Å². The number of thiocarbonyl (C=S) groups is 1. The lowest BCUT2D eigenvalue weighted by Gasteiger charge is -2.19. The highest BCUT2D eigenvalue weighted by Crippen LogP contribution is 2.20. The van der Waals surface area contributed by atoms with E-state index in [4.69, 9.17) is 12.2 Å². The minimum Gasteiger partial charge on any atom is -0.356 e. The van der Waals surface area contributed by atoms with E-state index < -0.39 is 0 Å². The van der Waals surface area contributed by atoms with Crippen LogP contribution < -0.4 is 10.6 Å². The molecule has 0 saturated heterocycles. The second-order valence-corrected chi connectivity index (χ2v) is 6.40. The monoisotopic (exact) mass is 362 g/mol. The van der Waals surface area contributed by atoms with Gasteiger partial charge in [-0.3, -0.25) is 0 Å². The molecule has 0 fully saturated rings. The first-order valence-corrected chi connectivity index (χ1v) is 8.06. The molecule has 0 amide bonds. The lowest BCUT2D eigenvalue weighted by Crippen LogP contribution is -2.31. The zero-order valence-electron chi connectivity index (χ0n) is 12.4. The van der Waals surface area contributed by atoms with Crippen molar-refractivity contribution in [1.82, 2.24) is 5.32 Å². The fourth-order valence-corrected chi connectivity index (χ4v) is 2.78. The second kappa shape index (κ2) is 7.05. The molecule has 0 aliphatic carbocycles. The van der Waals surface area contributed by atoms with Gasteiger partial charge < -0.3 is 10.6 Å². The standard InChI is InChI=1S/C17H19BrN2S/c1-11-6-4-5-7-15(11)13(3)19-17(21)20-14-8-9-16(18)12(2)10-14/h4-10,13H,1-3H3,(H2,19,20,21)/t13-/m1/s1. The summed E-state index contributed by atoms with van der Waals surface area (Å²) >= 11 is 8.90. The molecular weight excluding hydrogens is 344 g/mol. The Hall–Kier alpha value is -1.39. The van der Waals surface area contributed by atoms with Gasteiger partial charge in [-0.1, -0.05) is 40.2 Å². The molecule has 1 atom stereocenters. The Bertz CT molecular complexity index is 655. The van der Waals surface area contributed by atoms with Gasteiger partial charge in [-0.05, 0) is 67.9 Å². The van der Waals surface area contributed by atoms with Crippen molar-refractivity contribution in [2.75, 3.05) is 5.32 Å². The van der Waals surface area contributed by atoms with Gasteiger partial charge in [-0.25, -0.2) is 0 Å². The van der Waals surface area contributed by atoms with Crippen LogP contribution >= 0.6 is 28.1 Å². The molecule has 0 aromatic heterocycles. The van der Waals surface area contributed by atoms with E-state index in [1.54, 1.807) is 0 Å². The second-order valence-electron chi connectivity index (χ2n) is 5.14. The molecule has 2 N–H and O–H groups in total. The number of aryl methyl sites for hydroxylation is 2. The Morgan fingerprint density at radius 1 is 1.10 bits per heavy atom. The van der Waals surface area contributed by atoms with Crippen molar-refractivity contribution in [3.05, 3.63) is 63.6 Å². The van der Waals surface area contributed by atoms with Crippen LogP contribution in [-0.4, -0.2) is 5.11 Å². The molecular formula is C17H19BrN2S. The number of halogens is 1. The van der Waals surface area contributed by atoms with Gasteiger partial charge in [-0.2, -0.15) is 0 Å². The predicted octanol–water partition coefficient (Wildman–Crippen LogP) is 5.11. The predicted molar refractivity (Wildman–Crippen MR) is 97.8 cm³/mol. The maximum absolute atomic E-state index is 5.40. The number of hydrogen-bond donors (Lipinski definition) is 2. The topological polar surface area (TPSA) is 24.1 Å². The third-order valence-electron chi connectivity index (χ3n) is 3.42. The Labute approximate surface area is 140 Å². The van der Waals surface area contributed by atoms with Crippen LogP contribution in [0, 0.1) is 13.8 Å². The summed E-state index contributed by atoms with van der Waals surface area (Å²) in [5.74, 6) is 0. The van der Waals surface area contributed by atoms with E-state index >= 15 is 0 Å². The largest absolute Gasteiger partial charge is 0.356 e. The van der Waals surface area contributed by atoms with E-state index in [-0.39, 0.29) is 6.04 Å². The Morgan fingerprint density at radius 3 is 2.48 bits per heavy atom. The molecule has 0 spiro atoms. The zero-order chi connectivity index (χ0) is 15.4. The van der Waals surface area contributed by atoms with Gasteiger partial charge >= 0.3 is 0 Å². The average Bonchev–Trinajstić information content (AvgIpc) is 2.43. The molecule has 110 valence electrons. The maximum atomic E-state index is 5.40. The summed E-state index contributed by atoms with van der Waals surface area (Å²) in [6.07, 6.45) is 0. The number of benzene rings is 2. The summed E-state index contributed by atoms with van der Waals surface area (Å²) < 4.78 is 1.10. The first-order chi connectivity index (χ1) is 9.97. The van der Waals surface area contributed by atoms with Crippen LogP contribution in [0.2, 0.25) is 0 Å². The third kappa shape index (κ3) is 4.29. The molecule has 2 nitrogen and oxygen atoms in total. The van der Waals surface area contributed by atoms with Gasteiger partial charge in [0, 0.05) is 10.2 Å². The van der Waals surface area contributed by atoms with Crippen LogP contribution in [0.15, 0.2) is 46.9 Å². The highest BCUT2D eigenvalue weighted by atomic mass is 79.9. The van der Waals surface area contributed by atoms with Crippen molar-refractivity contribution in [3.8, 4) is 0 Å². The fraction of sp³-hybridized carbons (Fsp3) is 0.235. The number of hydrogen-bond acceptors (Lipinski definition) is 1. The molecule has 2 aromatic rings. The smallest absolute Gasteiger partial charge is 0.171 e. The van der Waals surface area contributed by atoms with Crippen molar-refractivity contribution in [1.29, 1.82) is 0 Å². The van der Waals surface area contributed by atoms with Crippen LogP contribution in [0.5, 0.6) is 0 Å². The van der Waals surface area contributed by atoms with Crippen molar-refractivity contribution in [2.45, 2.75) is 26.8 Å². The summed E-state index contributed by atoms with van der Waals surface area (Å²) in [5, 5.41) is 7.19. The van der Waals surface area contributed by atoms with Crippen molar-refractivity contribution in [2.24, 2.45) is 0 Å². The van der Waals surface area contributed by atoms with Crippen LogP contribution in [0.4, 0.5) is 5.69 Å². The molecule has 0 radical (unpaired) electrons. The minimum absolute atomic E-state index is 0.169. The molecule has 0 aliphatic heterocycles. The number of rotatable bonds is 3. The Balaban J connectivity index is 2.01. The van der Waals surface area contributed by atoms with Crippen LogP contribution in [0.3, 0.4) is 0 Å². The van der Waals surface area contributed by atoms with Gasteiger partial charge in [-0.15, -0.1) is 0 Å². The van der Waals surface area contributed by atoms with Gasteiger partial charge in [0.1, 0.15) is 0 Å². The normalized spacial score (nSPS) is 11.8. The van der Waals surface area contributed by atoms with Crippen molar-refractivity contribution < 1.29 is 0 Å². The van der Waals surface area contributed by atoms with E-state index in [2.05, 4.69) is 71.6 Å². The lowest BCUT2D eigenvalue weighted by molar-refractivity contribution is 0.717. The summed E-state index contributed by atoms with van der Waals surface area (Å²) in [7, 11) is 0. The first kappa shape index (κ1) is 16.0. The van der Waals surface area contributed by atoms with E-state index in [0.717, 1.165) is 10.2 Å². The fourth-order valence-electron chi connectivity index (χ4n) is 2.24. The summed E-state index contributed by atoms with van der Waals surface area (Å²) in [4.78, 5) is 0. The van der Waals surface area contributed by atoms with Crippen molar-refractivity contribution >= 4 is 38.9 Å². The van der Waals surface area contributed by atoms with E-state index in [1.165, 1.54) is 16.7 Å². The Kier molecular flexibility index (Phi) is 5.37. The van der Waals surface area contributed by atoms with Gasteiger partial charge in [0.15, 0.2) is 5.11 Å². The van der Waals surface area contributed by atoms with Gasteiger partial charge in [0.2, 0.25) is 0 Å². The quantitative estimate of drug-likeness (QED) is 0.741. The zero-order valence-corrected chi connectivity index (χ0v) is 14.8. The summed E-state index contributed by atoms with van der Waals surface area (Å²) in [5.41, 5.74) is 4.69. The lowest BCUT2D eigenvalue weighted by atomic mass is 10.0. The van der Waals surface area contributed by atoms with Crippen LogP contribution in [0.1, 0.15) is 29.7 Å². The van der Waals surface area contributed by atoms with Crippen LogP contribution in [0.25, 0.3) is 0 Å². The van der Waals surface area contributed by atoms with Gasteiger partial charge in [0.25, 0.3) is 0 Å². The van der Waals surface area contributed by atoms with E-state index in [1.807, 2.05) is 18.2 Å². The molecule has 0 saturated carbocycles. The maximum Gasteiger partial charge on any atom is 0.171 e. The summed E-state index contributed by atoms with van der Waals surface area (Å²) in [6.45, 7) is 6.28. The molecule has 2 rings (SSSR count). The molecule has 0 bridgehead atoms. The average molecular weight is 363 g/mol.